The van der Waals surface area contributed by atoms with E-state index in [1.807, 2.05) is 6.08 Å². The van der Waals surface area contributed by atoms with Crippen molar-refractivity contribution in [3.8, 4) is 0 Å². The first-order chi connectivity index (χ1) is 13.4. The minimum atomic E-state index is -0.345. The second-order valence-corrected chi connectivity index (χ2v) is 8.08. The lowest BCUT2D eigenvalue weighted by Gasteiger charge is -2.35. The average molecular weight is 399 g/mol. The van der Waals surface area contributed by atoms with E-state index in [1.54, 1.807) is 21.3 Å². The first-order valence-corrected chi connectivity index (χ1v) is 10.6. The molecule has 1 fully saturated rings. The highest BCUT2D eigenvalue weighted by atomic mass is 16.6. The maximum absolute atomic E-state index is 10.5. The lowest BCUT2D eigenvalue weighted by Crippen LogP contribution is -2.43. The number of methoxy groups -OCH3 is 3. The van der Waals surface area contributed by atoms with Gasteiger partial charge in [-0.2, -0.15) is 0 Å². The molecule has 7 atom stereocenters. The number of allylic oxidation sites excluding steroid dienone is 2. The molecule has 28 heavy (non-hydrogen) atoms. The van der Waals surface area contributed by atoms with Gasteiger partial charge in [0.25, 0.3) is 0 Å². The molecule has 0 aromatic carbocycles. The third kappa shape index (κ3) is 7.96. The second kappa shape index (κ2) is 13.5. The first kappa shape index (κ1) is 25.3. The van der Waals surface area contributed by atoms with Gasteiger partial charge in [0.05, 0.1) is 31.0 Å². The molecule has 164 valence electrons. The molecular formula is C23H42O5. The molecule has 5 nitrogen and oxygen atoms in total. The molecule has 1 heterocycles. The topological polar surface area (TPSA) is 57.2 Å². The highest BCUT2D eigenvalue weighted by Gasteiger charge is 2.32. The number of rotatable bonds is 12. The summed E-state index contributed by atoms with van der Waals surface area (Å²) < 4.78 is 22.4. The van der Waals surface area contributed by atoms with Crippen LogP contribution in [0.15, 0.2) is 23.8 Å². The van der Waals surface area contributed by atoms with Crippen LogP contribution in [0.4, 0.5) is 0 Å². The lowest BCUT2D eigenvalue weighted by molar-refractivity contribution is -0.129. The second-order valence-electron chi connectivity index (χ2n) is 8.08. The van der Waals surface area contributed by atoms with E-state index in [1.165, 1.54) is 0 Å². The Hall–Kier alpha value is -0.720. The fourth-order valence-electron chi connectivity index (χ4n) is 3.87. The van der Waals surface area contributed by atoms with Crippen LogP contribution in [-0.2, 0) is 18.9 Å². The predicted octanol–water partition coefficient (Wildman–Crippen LogP) is 4.15. The monoisotopic (exact) mass is 398 g/mol. The molecule has 0 radical (unpaired) electrons. The third-order valence-corrected chi connectivity index (χ3v) is 6.02. The largest absolute Gasteiger partial charge is 0.393 e. The van der Waals surface area contributed by atoms with E-state index in [4.69, 9.17) is 18.9 Å². The Kier molecular flexibility index (Phi) is 12.2. The van der Waals surface area contributed by atoms with Crippen molar-refractivity contribution in [3.05, 3.63) is 23.8 Å². The minimum absolute atomic E-state index is 0.000136. The Morgan fingerprint density at radius 2 is 1.89 bits per heavy atom. The van der Waals surface area contributed by atoms with Crippen molar-refractivity contribution in [1.29, 1.82) is 0 Å². The predicted molar refractivity (Wildman–Crippen MR) is 114 cm³/mol. The molecule has 1 rings (SSSR count). The molecule has 0 amide bonds. The SMILES string of the molecule is CCC(OC)C(C)CCC(O)C(C)/C=C/C=C(\C)C1OCC(OC)CC1OC. The summed E-state index contributed by atoms with van der Waals surface area (Å²) >= 11 is 0. The van der Waals surface area contributed by atoms with Gasteiger partial charge in [-0.25, -0.2) is 0 Å². The summed E-state index contributed by atoms with van der Waals surface area (Å²) in [7, 11) is 5.19. The molecule has 7 unspecified atom stereocenters. The molecule has 0 spiro atoms. The van der Waals surface area contributed by atoms with Crippen LogP contribution < -0.4 is 0 Å². The van der Waals surface area contributed by atoms with E-state index in [0.29, 0.717) is 12.5 Å². The van der Waals surface area contributed by atoms with Gasteiger partial charge in [0.1, 0.15) is 6.10 Å². The summed E-state index contributed by atoms with van der Waals surface area (Å²) in [6.07, 6.45) is 9.70. The van der Waals surface area contributed by atoms with Gasteiger partial charge < -0.3 is 24.1 Å². The van der Waals surface area contributed by atoms with E-state index in [9.17, 15) is 5.11 Å². The van der Waals surface area contributed by atoms with Crippen molar-refractivity contribution >= 4 is 0 Å². The van der Waals surface area contributed by atoms with E-state index < -0.39 is 0 Å². The van der Waals surface area contributed by atoms with E-state index in [-0.39, 0.29) is 36.4 Å². The Morgan fingerprint density at radius 3 is 2.46 bits per heavy atom. The molecule has 0 saturated carbocycles. The Bertz CT molecular complexity index is 472. The number of aliphatic hydroxyl groups excluding tert-OH is 1. The average Bonchev–Trinajstić information content (AvgIpc) is 2.71. The number of hydrogen-bond acceptors (Lipinski definition) is 5. The fourth-order valence-corrected chi connectivity index (χ4v) is 3.87. The van der Waals surface area contributed by atoms with Gasteiger partial charge in [-0.1, -0.05) is 39.0 Å². The first-order valence-electron chi connectivity index (χ1n) is 10.6. The van der Waals surface area contributed by atoms with Crippen molar-refractivity contribution in [2.45, 2.75) is 83.9 Å². The Morgan fingerprint density at radius 1 is 1.18 bits per heavy atom. The molecule has 0 bridgehead atoms. The van der Waals surface area contributed by atoms with Crippen molar-refractivity contribution in [2.24, 2.45) is 11.8 Å². The highest BCUT2D eigenvalue weighted by Crippen LogP contribution is 2.25. The number of hydrogen-bond donors (Lipinski definition) is 1. The summed E-state index contributed by atoms with van der Waals surface area (Å²) in [6, 6.07) is 0. The summed E-state index contributed by atoms with van der Waals surface area (Å²) in [4.78, 5) is 0. The smallest absolute Gasteiger partial charge is 0.105 e. The molecular weight excluding hydrogens is 356 g/mol. The van der Waals surface area contributed by atoms with Gasteiger partial charge >= 0.3 is 0 Å². The van der Waals surface area contributed by atoms with Gasteiger partial charge in [0, 0.05) is 33.7 Å². The van der Waals surface area contributed by atoms with Crippen LogP contribution in [0.1, 0.15) is 53.4 Å². The summed E-state index contributed by atoms with van der Waals surface area (Å²) in [5.41, 5.74) is 1.12. The van der Waals surface area contributed by atoms with Crippen LogP contribution in [0.3, 0.4) is 0 Å². The summed E-state index contributed by atoms with van der Waals surface area (Å²) in [6.45, 7) is 9.04. The molecule has 5 heteroatoms. The van der Waals surface area contributed by atoms with Crippen molar-refractivity contribution in [2.75, 3.05) is 27.9 Å². The standard InChI is InChI=1S/C23H42O5/c1-8-21(26-6)17(3)12-13-20(24)16(2)10-9-11-18(4)23-22(27-7)14-19(25-5)15-28-23/h9-11,16-17,19-24H,8,12-15H2,1-7H3/b10-9+,18-11+. The van der Waals surface area contributed by atoms with Crippen LogP contribution >= 0.6 is 0 Å². The van der Waals surface area contributed by atoms with E-state index >= 15 is 0 Å². The van der Waals surface area contributed by atoms with Crippen LogP contribution in [0, 0.1) is 11.8 Å². The highest BCUT2D eigenvalue weighted by molar-refractivity contribution is 5.17. The molecule has 0 aromatic rings. The van der Waals surface area contributed by atoms with Crippen LogP contribution in [0.25, 0.3) is 0 Å². The summed E-state index contributed by atoms with van der Waals surface area (Å²) in [5, 5.41) is 10.5. The van der Waals surface area contributed by atoms with Crippen LogP contribution in [0.2, 0.25) is 0 Å². The zero-order valence-electron chi connectivity index (χ0n) is 18.9. The summed E-state index contributed by atoms with van der Waals surface area (Å²) in [5.74, 6) is 0.551. The van der Waals surface area contributed by atoms with Crippen molar-refractivity contribution in [3.63, 3.8) is 0 Å². The molecule has 1 aliphatic heterocycles. The molecule has 0 aromatic heterocycles. The van der Waals surface area contributed by atoms with Crippen molar-refractivity contribution in [1.82, 2.24) is 0 Å². The zero-order valence-corrected chi connectivity index (χ0v) is 18.9. The number of aliphatic hydroxyl groups is 1. The molecule has 1 N–H and O–H groups in total. The van der Waals surface area contributed by atoms with Crippen LogP contribution in [-0.4, -0.2) is 63.6 Å². The molecule has 0 aliphatic carbocycles. The van der Waals surface area contributed by atoms with Gasteiger partial charge in [0.2, 0.25) is 0 Å². The third-order valence-electron chi connectivity index (χ3n) is 6.02. The van der Waals surface area contributed by atoms with Gasteiger partial charge in [-0.05, 0) is 37.7 Å². The normalized spacial score (nSPS) is 28.3. The Labute approximate surface area is 172 Å². The minimum Gasteiger partial charge on any atom is -0.393 e. The maximum Gasteiger partial charge on any atom is 0.105 e. The molecule has 1 saturated heterocycles. The molecule has 1 aliphatic rings. The quantitative estimate of drug-likeness (QED) is 0.501. The maximum atomic E-state index is 10.5. The van der Waals surface area contributed by atoms with Gasteiger partial charge in [-0.15, -0.1) is 0 Å². The van der Waals surface area contributed by atoms with E-state index in [0.717, 1.165) is 31.3 Å². The Balaban J connectivity index is 2.52. The van der Waals surface area contributed by atoms with Crippen LogP contribution in [0.5, 0.6) is 0 Å². The fraction of sp³-hybridized carbons (Fsp3) is 0.826. The van der Waals surface area contributed by atoms with Gasteiger partial charge in [-0.3, -0.25) is 0 Å². The zero-order chi connectivity index (χ0) is 21.1. The van der Waals surface area contributed by atoms with Crippen molar-refractivity contribution < 1.29 is 24.1 Å². The van der Waals surface area contributed by atoms with E-state index in [2.05, 4.69) is 39.8 Å². The number of ether oxygens (including phenoxy) is 4. The van der Waals surface area contributed by atoms with Gasteiger partial charge in [0.15, 0.2) is 0 Å². The lowest BCUT2D eigenvalue weighted by atomic mass is 9.91.